The zero-order valence-corrected chi connectivity index (χ0v) is 19.5. The van der Waals surface area contributed by atoms with Crippen molar-refractivity contribution < 1.29 is 18.0 Å². The lowest BCUT2D eigenvalue weighted by Crippen LogP contribution is -2.37. The third kappa shape index (κ3) is 5.44. The highest BCUT2D eigenvalue weighted by Crippen LogP contribution is 2.31. The van der Waals surface area contributed by atoms with E-state index in [-0.39, 0.29) is 22.1 Å². The van der Waals surface area contributed by atoms with E-state index >= 15 is 0 Å². The summed E-state index contributed by atoms with van der Waals surface area (Å²) in [7, 11) is 0. The number of rotatable bonds is 7. The highest BCUT2D eigenvalue weighted by atomic mass is 32.2. The van der Waals surface area contributed by atoms with Gasteiger partial charge in [-0.1, -0.05) is 30.0 Å². The molecular formula is C24H25F3N4O2S. The van der Waals surface area contributed by atoms with E-state index in [4.69, 9.17) is 0 Å². The Labute approximate surface area is 199 Å². The molecule has 180 valence electrons. The molecule has 1 aliphatic heterocycles. The van der Waals surface area contributed by atoms with Crippen LogP contribution in [0.3, 0.4) is 0 Å². The molecule has 1 aromatic heterocycles. The maximum absolute atomic E-state index is 13.3. The minimum absolute atomic E-state index is 0.0437. The highest BCUT2D eigenvalue weighted by Gasteiger charge is 2.31. The van der Waals surface area contributed by atoms with Gasteiger partial charge in [-0.2, -0.15) is 13.2 Å². The second-order valence-electron chi connectivity index (χ2n) is 8.20. The van der Waals surface area contributed by atoms with Gasteiger partial charge in [0.2, 0.25) is 5.91 Å². The molecule has 1 atom stereocenters. The predicted octanol–water partition coefficient (Wildman–Crippen LogP) is 4.10. The van der Waals surface area contributed by atoms with Gasteiger partial charge in [0, 0.05) is 13.1 Å². The number of hydrogen-bond donors (Lipinski definition) is 1. The number of nitrogens with one attached hydrogen (secondary N) is 1. The lowest BCUT2D eigenvalue weighted by molar-refractivity contribution is -0.137. The minimum atomic E-state index is -4.56. The first-order valence-corrected chi connectivity index (χ1v) is 12.0. The maximum atomic E-state index is 13.3. The van der Waals surface area contributed by atoms with Gasteiger partial charge in [-0.25, -0.2) is 4.98 Å². The predicted molar refractivity (Wildman–Crippen MR) is 126 cm³/mol. The average Bonchev–Trinajstić information content (AvgIpc) is 3.32. The summed E-state index contributed by atoms with van der Waals surface area (Å²) < 4.78 is 41.1. The van der Waals surface area contributed by atoms with E-state index in [1.54, 1.807) is 31.2 Å². The number of fused-ring (bicyclic) bond motifs is 1. The van der Waals surface area contributed by atoms with Gasteiger partial charge in [-0.05, 0) is 63.2 Å². The number of hydrogen-bond acceptors (Lipinski definition) is 5. The molecule has 2 aromatic carbocycles. The van der Waals surface area contributed by atoms with Crippen molar-refractivity contribution in [3.05, 3.63) is 64.4 Å². The van der Waals surface area contributed by atoms with E-state index < -0.39 is 22.5 Å². The molecule has 0 saturated carbocycles. The van der Waals surface area contributed by atoms with Crippen molar-refractivity contribution in [1.82, 2.24) is 19.8 Å². The van der Waals surface area contributed by atoms with Crippen molar-refractivity contribution in [2.24, 2.45) is 0 Å². The Morgan fingerprint density at radius 2 is 1.88 bits per heavy atom. The van der Waals surface area contributed by atoms with Gasteiger partial charge in [0.1, 0.15) is 0 Å². The second kappa shape index (κ2) is 10.2. The molecule has 1 amide bonds. The Balaban J connectivity index is 1.64. The molecule has 34 heavy (non-hydrogen) atoms. The molecule has 0 radical (unpaired) electrons. The van der Waals surface area contributed by atoms with Crippen molar-refractivity contribution in [2.75, 3.05) is 26.2 Å². The van der Waals surface area contributed by atoms with Crippen LogP contribution in [0.15, 0.2) is 58.5 Å². The third-order valence-corrected chi connectivity index (χ3v) is 6.81. The van der Waals surface area contributed by atoms with Crippen molar-refractivity contribution in [3.8, 4) is 5.69 Å². The molecule has 3 aromatic rings. The van der Waals surface area contributed by atoms with Crippen LogP contribution in [-0.2, 0) is 11.0 Å². The SMILES string of the molecule is CC(Sc1nc2ccccc2c(=O)n1-c1cccc(C(F)(F)F)c1)C(=O)NCCN1CCCC1. The van der Waals surface area contributed by atoms with Crippen LogP contribution in [0, 0.1) is 0 Å². The first-order valence-electron chi connectivity index (χ1n) is 11.1. The van der Waals surface area contributed by atoms with Crippen LogP contribution in [0.2, 0.25) is 0 Å². The van der Waals surface area contributed by atoms with E-state index in [1.165, 1.54) is 25.0 Å². The summed E-state index contributed by atoms with van der Waals surface area (Å²) >= 11 is 1.04. The van der Waals surface area contributed by atoms with Crippen LogP contribution in [0.5, 0.6) is 0 Å². The van der Waals surface area contributed by atoms with Gasteiger partial charge in [0.15, 0.2) is 5.16 Å². The molecule has 6 nitrogen and oxygen atoms in total. The van der Waals surface area contributed by atoms with Crippen LogP contribution in [-0.4, -0.2) is 51.8 Å². The number of nitrogens with zero attached hydrogens (tertiary/aromatic N) is 3. The zero-order chi connectivity index (χ0) is 24.3. The number of alkyl halides is 3. The Hall–Kier alpha value is -2.85. The Kier molecular flexibility index (Phi) is 7.27. The maximum Gasteiger partial charge on any atom is 0.416 e. The molecule has 1 N–H and O–H groups in total. The Bertz CT molecular complexity index is 1240. The van der Waals surface area contributed by atoms with E-state index in [2.05, 4.69) is 15.2 Å². The van der Waals surface area contributed by atoms with Crippen LogP contribution in [0.1, 0.15) is 25.3 Å². The van der Waals surface area contributed by atoms with Crippen LogP contribution in [0.4, 0.5) is 13.2 Å². The number of carbonyl (C=O) groups is 1. The van der Waals surface area contributed by atoms with Crippen molar-refractivity contribution in [2.45, 2.75) is 36.3 Å². The smallest absolute Gasteiger partial charge is 0.354 e. The topological polar surface area (TPSA) is 67.2 Å². The van der Waals surface area contributed by atoms with Gasteiger partial charge >= 0.3 is 6.18 Å². The van der Waals surface area contributed by atoms with Gasteiger partial charge < -0.3 is 10.2 Å². The lowest BCUT2D eigenvalue weighted by Gasteiger charge is -2.18. The molecule has 1 unspecified atom stereocenters. The molecule has 1 saturated heterocycles. The Morgan fingerprint density at radius 1 is 1.15 bits per heavy atom. The Morgan fingerprint density at radius 3 is 2.62 bits per heavy atom. The molecule has 0 spiro atoms. The molecule has 4 rings (SSSR count). The summed E-state index contributed by atoms with van der Waals surface area (Å²) in [5, 5.41) is 2.74. The van der Waals surface area contributed by atoms with Crippen molar-refractivity contribution in [3.63, 3.8) is 0 Å². The van der Waals surface area contributed by atoms with Crippen LogP contribution < -0.4 is 10.9 Å². The molecule has 0 bridgehead atoms. The fourth-order valence-corrected chi connectivity index (χ4v) is 4.89. The monoisotopic (exact) mass is 490 g/mol. The number of para-hydroxylation sites is 1. The number of benzene rings is 2. The standard InChI is InChI=1S/C24H25F3N4O2S/c1-16(21(32)28-11-14-30-12-4-5-13-30)34-23-29-20-10-3-2-9-19(20)22(33)31(23)18-8-6-7-17(15-18)24(25,26)27/h2-3,6-10,15-16H,4-5,11-14H2,1H3,(H,28,32). The van der Waals surface area contributed by atoms with Gasteiger partial charge in [-0.15, -0.1) is 0 Å². The van der Waals surface area contributed by atoms with Crippen LogP contribution >= 0.6 is 11.8 Å². The lowest BCUT2D eigenvalue weighted by atomic mass is 10.2. The number of halogens is 3. The second-order valence-corrected chi connectivity index (χ2v) is 9.51. The summed E-state index contributed by atoms with van der Waals surface area (Å²) in [6.45, 7) is 5.03. The molecule has 0 aliphatic carbocycles. The number of carbonyl (C=O) groups excluding carboxylic acids is 1. The first kappa shape index (κ1) is 24.3. The van der Waals surface area contributed by atoms with Gasteiger partial charge in [0.05, 0.1) is 27.4 Å². The van der Waals surface area contributed by atoms with Crippen LogP contribution in [0.25, 0.3) is 16.6 Å². The summed E-state index contributed by atoms with van der Waals surface area (Å²) in [6, 6.07) is 11.2. The fraction of sp³-hybridized carbons (Fsp3) is 0.375. The van der Waals surface area contributed by atoms with E-state index in [0.29, 0.717) is 12.1 Å². The summed E-state index contributed by atoms with van der Waals surface area (Å²) in [5.74, 6) is -0.220. The average molecular weight is 491 g/mol. The minimum Gasteiger partial charge on any atom is -0.354 e. The summed E-state index contributed by atoms with van der Waals surface area (Å²) in [5.41, 5.74) is -0.898. The largest absolute Gasteiger partial charge is 0.416 e. The van der Waals surface area contributed by atoms with Gasteiger partial charge in [-0.3, -0.25) is 14.2 Å². The van der Waals surface area contributed by atoms with Gasteiger partial charge in [0.25, 0.3) is 5.56 Å². The number of aromatic nitrogens is 2. The highest BCUT2D eigenvalue weighted by molar-refractivity contribution is 8.00. The molecule has 10 heteroatoms. The number of thioether (sulfide) groups is 1. The molecule has 2 heterocycles. The van der Waals surface area contributed by atoms with Crippen molar-refractivity contribution >= 4 is 28.6 Å². The molecule has 1 fully saturated rings. The normalized spacial score (nSPS) is 15.5. The number of amides is 1. The van der Waals surface area contributed by atoms with E-state index in [0.717, 1.165) is 48.1 Å². The fourth-order valence-electron chi connectivity index (χ4n) is 3.94. The quantitative estimate of drug-likeness (QED) is 0.399. The summed E-state index contributed by atoms with van der Waals surface area (Å²) in [6.07, 6.45) is -2.22. The molecular weight excluding hydrogens is 465 g/mol. The zero-order valence-electron chi connectivity index (χ0n) is 18.6. The van der Waals surface area contributed by atoms with E-state index in [9.17, 15) is 22.8 Å². The number of likely N-dealkylation sites (tertiary alicyclic amines) is 1. The summed E-state index contributed by atoms with van der Waals surface area (Å²) in [4.78, 5) is 32.8. The van der Waals surface area contributed by atoms with Crippen molar-refractivity contribution in [1.29, 1.82) is 0 Å². The van der Waals surface area contributed by atoms with E-state index in [1.807, 2.05) is 0 Å². The first-order chi connectivity index (χ1) is 16.2. The third-order valence-electron chi connectivity index (χ3n) is 5.75. The molecule has 1 aliphatic rings.